The van der Waals surface area contributed by atoms with Crippen LogP contribution in [0, 0.1) is 22.5 Å². The summed E-state index contributed by atoms with van der Waals surface area (Å²) in [6, 6.07) is 4.96. The molecule has 1 aromatic rings. The van der Waals surface area contributed by atoms with Crippen molar-refractivity contribution in [2.75, 3.05) is 11.9 Å². The zero-order valence-corrected chi connectivity index (χ0v) is 10.9. The maximum atomic E-state index is 10.8. The monoisotopic (exact) mass is 296 g/mol. The third-order valence-corrected chi connectivity index (χ3v) is 2.71. The smallest absolute Gasteiger partial charge is 0.293 e. The second-order valence-electron chi connectivity index (χ2n) is 3.51. The fraction of sp³-hybridized carbons (Fsp3) is 0.333. The van der Waals surface area contributed by atoms with Gasteiger partial charge in [-0.15, -0.1) is 12.3 Å². The van der Waals surface area contributed by atoms with Gasteiger partial charge < -0.3 is 5.32 Å². The lowest BCUT2D eigenvalue weighted by Crippen LogP contribution is -2.04. The van der Waals surface area contributed by atoms with E-state index in [-0.39, 0.29) is 5.69 Å². The first-order valence-electron chi connectivity index (χ1n) is 5.26. The number of rotatable bonds is 6. The summed E-state index contributed by atoms with van der Waals surface area (Å²) in [6.45, 7) is 0.685. The quantitative estimate of drug-likeness (QED) is 0.378. The number of nitro groups is 1. The average molecular weight is 297 g/mol. The minimum Gasteiger partial charge on any atom is -0.379 e. The van der Waals surface area contributed by atoms with Gasteiger partial charge in [0.15, 0.2) is 0 Å². The number of halogens is 1. The Bertz CT molecular complexity index is 441. The summed E-state index contributed by atoms with van der Waals surface area (Å²) < 4.78 is 0.696. The maximum absolute atomic E-state index is 10.8. The van der Waals surface area contributed by atoms with Crippen LogP contribution in [0.1, 0.15) is 19.3 Å². The molecule has 17 heavy (non-hydrogen) atoms. The Morgan fingerprint density at radius 2 is 2.24 bits per heavy atom. The molecule has 1 aromatic carbocycles. The zero-order chi connectivity index (χ0) is 12.7. The van der Waals surface area contributed by atoms with Gasteiger partial charge in [0.25, 0.3) is 5.69 Å². The lowest BCUT2D eigenvalue weighted by atomic mass is 10.2. The molecule has 0 aromatic heterocycles. The number of nitrogens with one attached hydrogen (secondary N) is 1. The van der Waals surface area contributed by atoms with E-state index in [1.54, 1.807) is 12.1 Å². The molecule has 1 N–H and O–H groups in total. The molecule has 0 aliphatic heterocycles. The second-order valence-corrected chi connectivity index (χ2v) is 4.42. The first kappa shape index (κ1) is 13.5. The molecule has 0 spiro atoms. The lowest BCUT2D eigenvalue weighted by molar-refractivity contribution is -0.384. The van der Waals surface area contributed by atoms with Crippen LogP contribution in [0.2, 0.25) is 0 Å². The van der Waals surface area contributed by atoms with Crippen LogP contribution in [-0.2, 0) is 0 Å². The molecule has 0 aliphatic rings. The van der Waals surface area contributed by atoms with Gasteiger partial charge in [-0.25, -0.2) is 0 Å². The van der Waals surface area contributed by atoms with Crippen LogP contribution >= 0.6 is 15.9 Å². The van der Waals surface area contributed by atoms with Crippen molar-refractivity contribution in [1.29, 1.82) is 0 Å². The van der Waals surface area contributed by atoms with E-state index in [0.717, 1.165) is 19.3 Å². The Balaban J connectivity index is 2.59. The molecule has 0 radical (unpaired) electrons. The molecular formula is C12H13BrN2O2. The molecule has 0 heterocycles. The number of nitro benzene ring substituents is 1. The maximum Gasteiger partial charge on any atom is 0.293 e. The molecule has 4 nitrogen and oxygen atoms in total. The molecular weight excluding hydrogens is 284 g/mol. The molecule has 0 fully saturated rings. The van der Waals surface area contributed by atoms with Gasteiger partial charge in [-0.2, -0.15) is 0 Å². The van der Waals surface area contributed by atoms with E-state index in [0.29, 0.717) is 16.7 Å². The lowest BCUT2D eigenvalue weighted by Gasteiger charge is -2.06. The standard InChI is InChI=1S/C12H13BrN2O2/c1-2-3-4-5-8-14-11-7-6-10(13)9-12(11)15(16)17/h1,6-7,9,14H,3-5,8H2. The van der Waals surface area contributed by atoms with Gasteiger partial charge in [-0.3, -0.25) is 10.1 Å². The Morgan fingerprint density at radius 3 is 2.88 bits per heavy atom. The molecule has 1 rings (SSSR count). The highest BCUT2D eigenvalue weighted by Crippen LogP contribution is 2.27. The predicted molar refractivity (Wildman–Crippen MR) is 72.0 cm³/mol. The number of unbranched alkanes of at least 4 members (excludes halogenated alkanes) is 2. The number of anilines is 1. The summed E-state index contributed by atoms with van der Waals surface area (Å²) in [5, 5.41) is 13.9. The Kier molecular flexibility index (Phi) is 5.50. The van der Waals surface area contributed by atoms with Crippen LogP contribution in [0.5, 0.6) is 0 Å². The van der Waals surface area contributed by atoms with Crippen molar-refractivity contribution < 1.29 is 4.92 Å². The van der Waals surface area contributed by atoms with E-state index in [1.165, 1.54) is 6.07 Å². The normalized spacial score (nSPS) is 9.65. The van der Waals surface area contributed by atoms with Crippen LogP contribution in [-0.4, -0.2) is 11.5 Å². The van der Waals surface area contributed by atoms with Crippen molar-refractivity contribution in [2.45, 2.75) is 19.3 Å². The molecule has 0 unspecified atom stereocenters. The minimum atomic E-state index is -0.394. The van der Waals surface area contributed by atoms with Gasteiger partial charge in [0.2, 0.25) is 0 Å². The fourth-order valence-electron chi connectivity index (χ4n) is 1.38. The first-order valence-corrected chi connectivity index (χ1v) is 6.05. The highest BCUT2D eigenvalue weighted by molar-refractivity contribution is 9.10. The fourth-order valence-corrected chi connectivity index (χ4v) is 1.73. The summed E-state index contributed by atoms with van der Waals surface area (Å²) in [7, 11) is 0. The van der Waals surface area contributed by atoms with Crippen molar-refractivity contribution in [1.82, 2.24) is 0 Å². The Morgan fingerprint density at radius 1 is 1.47 bits per heavy atom. The summed E-state index contributed by atoms with van der Waals surface area (Å²) in [6.07, 6.45) is 7.70. The number of hydrogen-bond donors (Lipinski definition) is 1. The molecule has 0 atom stereocenters. The average Bonchev–Trinajstić information content (AvgIpc) is 2.30. The SMILES string of the molecule is C#CCCCCNc1ccc(Br)cc1[N+](=O)[O-]. The topological polar surface area (TPSA) is 55.2 Å². The molecule has 90 valence electrons. The zero-order valence-electron chi connectivity index (χ0n) is 9.28. The summed E-state index contributed by atoms with van der Waals surface area (Å²) in [5.74, 6) is 2.56. The van der Waals surface area contributed by atoms with Gasteiger partial charge in [0, 0.05) is 23.5 Å². The van der Waals surface area contributed by atoms with Gasteiger partial charge >= 0.3 is 0 Å². The van der Waals surface area contributed by atoms with Crippen molar-refractivity contribution >= 4 is 27.3 Å². The van der Waals surface area contributed by atoms with E-state index in [2.05, 4.69) is 27.2 Å². The first-order chi connectivity index (χ1) is 8.15. The van der Waals surface area contributed by atoms with Crippen molar-refractivity contribution in [2.24, 2.45) is 0 Å². The molecule has 0 aliphatic carbocycles. The van der Waals surface area contributed by atoms with E-state index in [4.69, 9.17) is 6.42 Å². The van der Waals surface area contributed by atoms with E-state index in [1.807, 2.05) is 0 Å². The Labute approximate surface area is 109 Å². The third kappa shape index (κ3) is 4.45. The molecule has 5 heteroatoms. The van der Waals surface area contributed by atoms with Crippen LogP contribution in [0.25, 0.3) is 0 Å². The van der Waals surface area contributed by atoms with Crippen molar-refractivity contribution in [3.63, 3.8) is 0 Å². The third-order valence-electron chi connectivity index (χ3n) is 2.22. The number of terminal acetylenes is 1. The highest BCUT2D eigenvalue weighted by Gasteiger charge is 2.13. The number of benzene rings is 1. The van der Waals surface area contributed by atoms with E-state index in [9.17, 15) is 10.1 Å². The molecule has 0 amide bonds. The van der Waals surface area contributed by atoms with Crippen molar-refractivity contribution in [3.8, 4) is 12.3 Å². The molecule has 0 saturated carbocycles. The number of hydrogen-bond acceptors (Lipinski definition) is 3. The summed E-state index contributed by atoms with van der Waals surface area (Å²) in [4.78, 5) is 10.4. The van der Waals surface area contributed by atoms with E-state index >= 15 is 0 Å². The summed E-state index contributed by atoms with van der Waals surface area (Å²) in [5.41, 5.74) is 0.621. The van der Waals surface area contributed by atoms with Gasteiger partial charge in [0.1, 0.15) is 5.69 Å². The van der Waals surface area contributed by atoms with Crippen LogP contribution < -0.4 is 5.32 Å². The molecule has 0 saturated heterocycles. The van der Waals surface area contributed by atoms with Crippen LogP contribution in [0.3, 0.4) is 0 Å². The van der Waals surface area contributed by atoms with Crippen molar-refractivity contribution in [3.05, 3.63) is 32.8 Å². The minimum absolute atomic E-state index is 0.0799. The van der Waals surface area contributed by atoms with E-state index < -0.39 is 4.92 Å². The van der Waals surface area contributed by atoms with Gasteiger partial charge in [0.05, 0.1) is 4.92 Å². The Hall–Kier alpha value is -1.54. The summed E-state index contributed by atoms with van der Waals surface area (Å²) >= 11 is 3.21. The predicted octanol–water partition coefficient (Wildman–Crippen LogP) is 3.57. The molecule has 0 bridgehead atoms. The van der Waals surface area contributed by atoms with Gasteiger partial charge in [-0.1, -0.05) is 15.9 Å². The largest absolute Gasteiger partial charge is 0.379 e. The number of nitrogens with zero attached hydrogens (tertiary/aromatic N) is 1. The second kappa shape index (κ2) is 6.92. The van der Waals surface area contributed by atoms with Crippen LogP contribution in [0.15, 0.2) is 22.7 Å². The van der Waals surface area contributed by atoms with Crippen LogP contribution in [0.4, 0.5) is 11.4 Å². The van der Waals surface area contributed by atoms with Gasteiger partial charge in [-0.05, 0) is 25.0 Å². The highest BCUT2D eigenvalue weighted by atomic mass is 79.9.